The lowest BCUT2D eigenvalue weighted by Gasteiger charge is -2.08. The molecule has 0 saturated heterocycles. The molecule has 0 amide bonds. The molecule has 0 radical (unpaired) electrons. The molecule has 1 rings (SSSR count). The first-order valence-corrected chi connectivity index (χ1v) is 3.73. The molecule has 0 saturated carbocycles. The second-order valence-corrected chi connectivity index (χ2v) is 2.48. The number of halogens is 1. The van der Waals surface area contributed by atoms with Crippen molar-refractivity contribution in [3.8, 4) is 5.88 Å². The van der Waals surface area contributed by atoms with E-state index in [1.807, 2.05) is 6.07 Å². The summed E-state index contributed by atoms with van der Waals surface area (Å²) in [6.07, 6.45) is 1.68. The van der Waals surface area contributed by atoms with Crippen molar-refractivity contribution in [3.63, 3.8) is 0 Å². The van der Waals surface area contributed by atoms with Crippen molar-refractivity contribution >= 4 is 12.4 Å². The number of rotatable bonds is 3. The van der Waals surface area contributed by atoms with Crippen LogP contribution in [0, 0.1) is 0 Å². The van der Waals surface area contributed by atoms with E-state index in [4.69, 9.17) is 16.2 Å². The van der Waals surface area contributed by atoms with E-state index >= 15 is 0 Å². The van der Waals surface area contributed by atoms with Crippen LogP contribution in [0.5, 0.6) is 5.88 Å². The summed E-state index contributed by atoms with van der Waals surface area (Å²) in [7, 11) is 1.57. The first kappa shape index (κ1) is 12.2. The van der Waals surface area contributed by atoms with Gasteiger partial charge in [0, 0.05) is 24.8 Å². The lowest BCUT2D eigenvalue weighted by Crippen LogP contribution is -2.20. The van der Waals surface area contributed by atoms with Gasteiger partial charge in [-0.1, -0.05) is 6.07 Å². The van der Waals surface area contributed by atoms with Crippen molar-refractivity contribution < 1.29 is 4.74 Å². The molecular weight excluding hydrogens is 190 g/mol. The Balaban J connectivity index is 0.00000144. The summed E-state index contributed by atoms with van der Waals surface area (Å²) < 4.78 is 4.90. The fourth-order valence-corrected chi connectivity index (χ4v) is 0.868. The summed E-state index contributed by atoms with van der Waals surface area (Å²) in [5, 5.41) is 0. The highest BCUT2D eigenvalue weighted by molar-refractivity contribution is 5.85. The lowest BCUT2D eigenvalue weighted by molar-refractivity contribution is 0.397. The van der Waals surface area contributed by atoms with Crippen molar-refractivity contribution in [1.29, 1.82) is 0 Å². The van der Waals surface area contributed by atoms with E-state index in [1.54, 1.807) is 19.4 Å². The van der Waals surface area contributed by atoms with Crippen molar-refractivity contribution in [1.82, 2.24) is 4.98 Å². The van der Waals surface area contributed by atoms with Crippen LogP contribution in [-0.2, 0) is 0 Å². The molecule has 0 aliphatic heterocycles. The molecule has 0 bridgehead atoms. The fraction of sp³-hybridized carbons (Fsp3) is 0.375. The number of nitrogens with two attached hydrogens (primary N) is 2. The van der Waals surface area contributed by atoms with Crippen LogP contribution < -0.4 is 16.2 Å². The number of methoxy groups -OCH3 is 1. The van der Waals surface area contributed by atoms with Crippen molar-refractivity contribution in [2.75, 3.05) is 13.7 Å². The monoisotopic (exact) mass is 203 g/mol. The second-order valence-electron chi connectivity index (χ2n) is 2.48. The third kappa shape index (κ3) is 3.18. The van der Waals surface area contributed by atoms with Crippen LogP contribution >= 0.6 is 12.4 Å². The SMILES string of the molecule is COc1ccc([C@H](N)CN)cn1.Cl. The van der Waals surface area contributed by atoms with Crippen molar-refractivity contribution in [3.05, 3.63) is 23.9 Å². The number of hydrogen-bond donors (Lipinski definition) is 2. The van der Waals surface area contributed by atoms with E-state index in [9.17, 15) is 0 Å². The van der Waals surface area contributed by atoms with E-state index in [0.717, 1.165) is 5.56 Å². The maximum absolute atomic E-state index is 5.68. The van der Waals surface area contributed by atoms with Gasteiger partial charge in [-0.2, -0.15) is 0 Å². The number of pyridine rings is 1. The van der Waals surface area contributed by atoms with Crippen LogP contribution in [0.1, 0.15) is 11.6 Å². The van der Waals surface area contributed by atoms with Gasteiger partial charge in [-0.3, -0.25) is 0 Å². The maximum Gasteiger partial charge on any atom is 0.212 e. The van der Waals surface area contributed by atoms with Gasteiger partial charge in [0.1, 0.15) is 0 Å². The Bertz CT molecular complexity index is 240. The van der Waals surface area contributed by atoms with Crippen LogP contribution in [0.4, 0.5) is 0 Å². The van der Waals surface area contributed by atoms with Gasteiger partial charge in [0.05, 0.1) is 7.11 Å². The average Bonchev–Trinajstić information content (AvgIpc) is 2.17. The van der Waals surface area contributed by atoms with Crippen LogP contribution in [-0.4, -0.2) is 18.6 Å². The summed E-state index contributed by atoms with van der Waals surface area (Å²) in [5.41, 5.74) is 12.0. The predicted octanol–water partition coefficient (Wildman–Crippen LogP) is 0.470. The first-order valence-electron chi connectivity index (χ1n) is 3.73. The smallest absolute Gasteiger partial charge is 0.212 e. The van der Waals surface area contributed by atoms with E-state index < -0.39 is 0 Å². The molecule has 4 N–H and O–H groups in total. The van der Waals surface area contributed by atoms with Gasteiger partial charge in [0.15, 0.2) is 0 Å². The molecule has 0 fully saturated rings. The predicted molar refractivity (Wildman–Crippen MR) is 54.0 cm³/mol. The van der Waals surface area contributed by atoms with Crippen LogP contribution in [0.3, 0.4) is 0 Å². The molecule has 0 spiro atoms. The van der Waals surface area contributed by atoms with Gasteiger partial charge in [-0.05, 0) is 5.56 Å². The van der Waals surface area contributed by atoms with Gasteiger partial charge >= 0.3 is 0 Å². The number of hydrogen-bond acceptors (Lipinski definition) is 4. The third-order valence-electron chi connectivity index (χ3n) is 1.65. The normalized spacial score (nSPS) is 11.6. The molecule has 13 heavy (non-hydrogen) atoms. The largest absolute Gasteiger partial charge is 0.481 e. The average molecular weight is 204 g/mol. The van der Waals surface area contributed by atoms with Crippen molar-refractivity contribution in [2.45, 2.75) is 6.04 Å². The Morgan fingerprint density at radius 3 is 2.62 bits per heavy atom. The molecule has 0 unspecified atom stereocenters. The van der Waals surface area contributed by atoms with Crippen molar-refractivity contribution in [2.24, 2.45) is 11.5 Å². The van der Waals surface area contributed by atoms with Gasteiger partial charge in [-0.25, -0.2) is 4.98 Å². The molecule has 5 heteroatoms. The third-order valence-corrected chi connectivity index (χ3v) is 1.65. The zero-order valence-electron chi connectivity index (χ0n) is 7.43. The van der Waals surface area contributed by atoms with Crippen LogP contribution in [0.25, 0.3) is 0 Å². The first-order chi connectivity index (χ1) is 5.77. The fourth-order valence-electron chi connectivity index (χ4n) is 0.868. The molecule has 74 valence electrons. The Morgan fingerprint density at radius 1 is 1.54 bits per heavy atom. The highest BCUT2D eigenvalue weighted by Crippen LogP contribution is 2.11. The molecule has 1 atom stereocenters. The molecule has 0 aromatic carbocycles. The molecule has 1 aromatic rings. The molecule has 1 aromatic heterocycles. The maximum atomic E-state index is 5.68. The van der Waals surface area contributed by atoms with Crippen LogP contribution in [0.2, 0.25) is 0 Å². The van der Waals surface area contributed by atoms with Gasteiger partial charge in [0.25, 0.3) is 0 Å². The quantitative estimate of drug-likeness (QED) is 0.749. The molecule has 0 aliphatic rings. The summed E-state index contributed by atoms with van der Waals surface area (Å²) in [5.74, 6) is 0.586. The topological polar surface area (TPSA) is 74.2 Å². The minimum atomic E-state index is -0.136. The summed E-state index contributed by atoms with van der Waals surface area (Å²) in [6, 6.07) is 3.50. The Hall–Kier alpha value is -0.840. The highest BCUT2D eigenvalue weighted by Gasteiger charge is 2.03. The second kappa shape index (κ2) is 5.75. The number of ether oxygens (including phenoxy) is 1. The van der Waals surface area contributed by atoms with E-state index in [1.165, 1.54) is 0 Å². The molecular formula is C8H14ClN3O. The number of aromatic nitrogens is 1. The summed E-state index contributed by atoms with van der Waals surface area (Å²) >= 11 is 0. The molecule has 4 nitrogen and oxygen atoms in total. The summed E-state index contributed by atoms with van der Waals surface area (Å²) in [4.78, 5) is 4.01. The minimum absolute atomic E-state index is 0. The van der Waals surface area contributed by atoms with E-state index in [-0.39, 0.29) is 18.4 Å². The van der Waals surface area contributed by atoms with Gasteiger partial charge in [-0.15, -0.1) is 12.4 Å². The van der Waals surface area contributed by atoms with E-state index in [2.05, 4.69) is 4.98 Å². The minimum Gasteiger partial charge on any atom is -0.481 e. The van der Waals surface area contributed by atoms with Crippen LogP contribution in [0.15, 0.2) is 18.3 Å². The number of nitrogens with zero attached hydrogens (tertiary/aromatic N) is 1. The van der Waals surface area contributed by atoms with Gasteiger partial charge < -0.3 is 16.2 Å². The zero-order valence-corrected chi connectivity index (χ0v) is 8.25. The lowest BCUT2D eigenvalue weighted by atomic mass is 10.1. The molecule has 1 heterocycles. The Labute approximate surface area is 83.7 Å². The summed E-state index contributed by atoms with van der Waals surface area (Å²) in [6.45, 7) is 0.425. The zero-order chi connectivity index (χ0) is 8.97. The Morgan fingerprint density at radius 2 is 2.23 bits per heavy atom. The molecule has 0 aliphatic carbocycles. The Kier molecular flexibility index (Phi) is 5.37. The highest BCUT2D eigenvalue weighted by atomic mass is 35.5. The van der Waals surface area contributed by atoms with E-state index in [0.29, 0.717) is 12.4 Å². The van der Waals surface area contributed by atoms with Gasteiger partial charge in [0.2, 0.25) is 5.88 Å². The standard InChI is InChI=1S/C8H13N3O.ClH/c1-12-8-3-2-6(5-11-8)7(10)4-9;/h2-3,5,7H,4,9-10H2,1H3;1H/t7-;/m1./s1.